The summed E-state index contributed by atoms with van der Waals surface area (Å²) in [6.07, 6.45) is 3.90. The number of fused-ring (bicyclic) bond motifs is 1. The van der Waals surface area contributed by atoms with Crippen LogP contribution in [0, 0.1) is 13.8 Å². The molecule has 1 amide bonds. The number of hydrogen-bond acceptors (Lipinski definition) is 6. The predicted molar refractivity (Wildman–Crippen MR) is 126 cm³/mol. The largest absolute Gasteiger partial charge is 0.368 e. The van der Waals surface area contributed by atoms with Gasteiger partial charge in [0.05, 0.1) is 25.3 Å². The number of hydrogen-bond donors (Lipinski definition) is 2. The van der Waals surface area contributed by atoms with Gasteiger partial charge >= 0.3 is 0 Å². The number of morpholine rings is 1. The Labute approximate surface area is 190 Å². The van der Waals surface area contributed by atoms with Gasteiger partial charge in [-0.25, -0.2) is 4.98 Å². The van der Waals surface area contributed by atoms with Gasteiger partial charge in [-0.3, -0.25) is 9.78 Å². The second-order valence-electron chi connectivity index (χ2n) is 8.06. The first-order valence-electron chi connectivity index (χ1n) is 10.7. The van der Waals surface area contributed by atoms with Gasteiger partial charge in [0.1, 0.15) is 6.10 Å². The van der Waals surface area contributed by atoms with Crippen molar-refractivity contribution >= 4 is 39.0 Å². The number of carbonyl (C=O) groups excluding carboxylic acids is 1. The molecule has 4 heterocycles. The molecule has 1 saturated heterocycles. The molecular weight excluding hydrogens is 422 g/mol. The Morgan fingerprint density at radius 2 is 2.19 bits per heavy atom. The van der Waals surface area contributed by atoms with Crippen LogP contribution >= 0.6 is 11.3 Å². The number of nitrogens with zero attached hydrogens (tertiary/aromatic N) is 3. The monoisotopic (exact) mass is 447 g/mol. The lowest BCUT2D eigenvalue weighted by molar-refractivity contribution is -0.138. The molecule has 2 N–H and O–H groups in total. The van der Waals surface area contributed by atoms with Crippen LogP contribution in [0.1, 0.15) is 27.9 Å². The number of ether oxygens (including phenoxy) is 1. The van der Waals surface area contributed by atoms with Crippen LogP contribution in [0.5, 0.6) is 0 Å². The van der Waals surface area contributed by atoms with Crippen LogP contribution in [0.4, 0.5) is 10.8 Å². The van der Waals surface area contributed by atoms with E-state index in [1.165, 1.54) is 0 Å². The van der Waals surface area contributed by atoms with E-state index >= 15 is 0 Å². The van der Waals surface area contributed by atoms with E-state index in [1.54, 1.807) is 11.3 Å². The highest BCUT2D eigenvalue weighted by molar-refractivity contribution is 7.15. The zero-order valence-electron chi connectivity index (χ0n) is 18.1. The number of nitrogens with one attached hydrogen (secondary N) is 2. The van der Waals surface area contributed by atoms with Crippen molar-refractivity contribution in [2.75, 3.05) is 25.0 Å². The standard InChI is InChI=1S/C24H25N5O2S/c1-15-9-18(28-24-26-12-16(2)32-24)11-21(27-15)22-14-29(7-8-31-22)23(30)10-17-13-25-20-6-4-3-5-19(17)20/h3-6,9,11-13,22,25H,7-8,10,14H2,1-2H3,(H,26,27,28). The lowest BCUT2D eigenvalue weighted by atomic mass is 10.1. The molecule has 3 aromatic heterocycles. The molecule has 32 heavy (non-hydrogen) atoms. The number of aromatic amines is 1. The van der Waals surface area contributed by atoms with E-state index in [4.69, 9.17) is 4.74 Å². The summed E-state index contributed by atoms with van der Waals surface area (Å²) < 4.78 is 6.01. The van der Waals surface area contributed by atoms with Crippen molar-refractivity contribution < 1.29 is 9.53 Å². The van der Waals surface area contributed by atoms with Gasteiger partial charge in [-0.15, -0.1) is 11.3 Å². The normalized spacial score (nSPS) is 16.4. The van der Waals surface area contributed by atoms with Crippen LogP contribution < -0.4 is 5.32 Å². The zero-order valence-corrected chi connectivity index (χ0v) is 18.9. The Morgan fingerprint density at radius 1 is 1.31 bits per heavy atom. The predicted octanol–water partition coefficient (Wildman–Crippen LogP) is 4.52. The van der Waals surface area contributed by atoms with Crippen molar-refractivity contribution in [1.29, 1.82) is 0 Å². The van der Waals surface area contributed by atoms with E-state index in [0.29, 0.717) is 26.1 Å². The third-order valence-electron chi connectivity index (χ3n) is 5.61. The van der Waals surface area contributed by atoms with Crippen LogP contribution in [-0.2, 0) is 16.0 Å². The molecule has 0 aliphatic carbocycles. The number of carbonyl (C=O) groups is 1. The summed E-state index contributed by atoms with van der Waals surface area (Å²) in [4.78, 5) is 28.4. The molecule has 0 bridgehead atoms. The molecule has 1 fully saturated rings. The molecule has 7 nitrogen and oxygen atoms in total. The second-order valence-corrected chi connectivity index (χ2v) is 9.29. The number of rotatable bonds is 5. The maximum Gasteiger partial charge on any atom is 0.227 e. The van der Waals surface area contributed by atoms with Crippen LogP contribution in [-0.4, -0.2) is 45.5 Å². The van der Waals surface area contributed by atoms with Crippen molar-refractivity contribution in [2.45, 2.75) is 26.4 Å². The molecule has 5 rings (SSSR count). The van der Waals surface area contributed by atoms with E-state index in [2.05, 4.69) is 20.3 Å². The fraction of sp³-hybridized carbons (Fsp3) is 0.292. The molecular formula is C24H25N5O2S. The van der Waals surface area contributed by atoms with Gasteiger partial charge in [-0.1, -0.05) is 18.2 Å². The Hall–Kier alpha value is -3.23. The summed E-state index contributed by atoms with van der Waals surface area (Å²) in [5.74, 6) is 0.104. The summed E-state index contributed by atoms with van der Waals surface area (Å²) in [7, 11) is 0. The van der Waals surface area contributed by atoms with E-state index in [1.807, 2.05) is 67.5 Å². The number of aryl methyl sites for hydroxylation is 2. The minimum Gasteiger partial charge on any atom is -0.368 e. The molecule has 0 spiro atoms. The van der Waals surface area contributed by atoms with Crippen molar-refractivity contribution in [1.82, 2.24) is 19.9 Å². The van der Waals surface area contributed by atoms with Crippen molar-refractivity contribution in [3.63, 3.8) is 0 Å². The topological polar surface area (TPSA) is 83.1 Å². The molecule has 0 radical (unpaired) electrons. The number of aromatic nitrogens is 3. The summed E-state index contributed by atoms with van der Waals surface area (Å²) in [6.45, 7) is 5.57. The molecule has 1 atom stereocenters. The highest BCUT2D eigenvalue weighted by Gasteiger charge is 2.27. The summed E-state index contributed by atoms with van der Waals surface area (Å²) in [5, 5.41) is 5.30. The minimum absolute atomic E-state index is 0.104. The highest BCUT2D eigenvalue weighted by atomic mass is 32.1. The fourth-order valence-corrected chi connectivity index (χ4v) is 4.76. The van der Waals surface area contributed by atoms with E-state index in [-0.39, 0.29) is 12.0 Å². The number of amides is 1. The maximum absolute atomic E-state index is 13.1. The molecule has 1 unspecified atom stereocenters. The van der Waals surface area contributed by atoms with Crippen molar-refractivity contribution in [2.24, 2.45) is 0 Å². The number of para-hydroxylation sites is 1. The Kier molecular flexibility index (Phi) is 5.63. The molecule has 164 valence electrons. The summed E-state index contributed by atoms with van der Waals surface area (Å²) in [6, 6.07) is 12.0. The van der Waals surface area contributed by atoms with E-state index in [0.717, 1.165) is 43.6 Å². The van der Waals surface area contributed by atoms with E-state index < -0.39 is 0 Å². The van der Waals surface area contributed by atoms with Gasteiger partial charge < -0.3 is 19.9 Å². The van der Waals surface area contributed by atoms with Crippen LogP contribution in [0.15, 0.2) is 48.8 Å². The molecule has 1 aliphatic heterocycles. The van der Waals surface area contributed by atoms with Gasteiger partial charge in [0, 0.05) is 46.1 Å². The smallest absolute Gasteiger partial charge is 0.227 e. The SMILES string of the molecule is Cc1cc(Nc2ncc(C)s2)cc(C2CN(C(=O)Cc3c[nH]c4ccccc34)CCO2)n1. The Morgan fingerprint density at radius 3 is 3.03 bits per heavy atom. The maximum atomic E-state index is 13.1. The number of thiazole rings is 1. The van der Waals surface area contributed by atoms with Gasteiger partial charge in [-0.05, 0) is 37.6 Å². The van der Waals surface area contributed by atoms with Crippen molar-refractivity contribution in [3.05, 3.63) is 70.6 Å². The van der Waals surface area contributed by atoms with Crippen LogP contribution in [0.2, 0.25) is 0 Å². The fourth-order valence-electron chi connectivity index (χ4n) is 4.07. The van der Waals surface area contributed by atoms with Crippen molar-refractivity contribution in [3.8, 4) is 0 Å². The first-order chi connectivity index (χ1) is 15.5. The molecule has 8 heteroatoms. The average molecular weight is 448 g/mol. The lowest BCUT2D eigenvalue weighted by Crippen LogP contribution is -2.43. The second kappa shape index (κ2) is 8.72. The first kappa shape index (κ1) is 20.7. The van der Waals surface area contributed by atoms with Gasteiger partial charge in [0.15, 0.2) is 5.13 Å². The van der Waals surface area contributed by atoms with Crippen LogP contribution in [0.25, 0.3) is 10.9 Å². The first-order valence-corrected chi connectivity index (χ1v) is 11.5. The summed E-state index contributed by atoms with van der Waals surface area (Å²) >= 11 is 1.61. The number of benzene rings is 1. The minimum atomic E-state index is -0.255. The highest BCUT2D eigenvalue weighted by Crippen LogP contribution is 2.28. The molecule has 0 saturated carbocycles. The van der Waals surface area contributed by atoms with E-state index in [9.17, 15) is 4.79 Å². The van der Waals surface area contributed by atoms with Crippen LogP contribution in [0.3, 0.4) is 0 Å². The summed E-state index contributed by atoms with van der Waals surface area (Å²) in [5.41, 5.74) is 4.71. The zero-order chi connectivity index (χ0) is 22.1. The molecule has 1 aliphatic rings. The third-order valence-corrected chi connectivity index (χ3v) is 6.44. The Balaban J connectivity index is 1.30. The van der Waals surface area contributed by atoms with Gasteiger partial charge in [0.2, 0.25) is 5.91 Å². The average Bonchev–Trinajstić information content (AvgIpc) is 3.39. The van der Waals surface area contributed by atoms with Gasteiger partial charge in [0.25, 0.3) is 0 Å². The van der Waals surface area contributed by atoms with Gasteiger partial charge in [-0.2, -0.15) is 0 Å². The molecule has 4 aromatic rings. The third kappa shape index (κ3) is 4.37. The number of H-pyrrole nitrogens is 1. The number of anilines is 2. The number of pyridine rings is 1. The Bertz CT molecular complexity index is 1260. The quantitative estimate of drug-likeness (QED) is 0.470. The lowest BCUT2D eigenvalue weighted by Gasteiger charge is -2.33. The molecule has 1 aromatic carbocycles.